The van der Waals surface area contributed by atoms with Crippen molar-refractivity contribution in [3.8, 4) is 0 Å². The Kier molecular flexibility index (Phi) is 5.69. The van der Waals surface area contributed by atoms with Crippen LogP contribution in [0, 0.1) is 0 Å². The summed E-state index contributed by atoms with van der Waals surface area (Å²) in [7, 11) is 0. The molecule has 1 aliphatic heterocycles. The fourth-order valence-corrected chi connectivity index (χ4v) is 1.94. The van der Waals surface area contributed by atoms with E-state index in [1.807, 2.05) is 6.26 Å². The Bertz CT molecular complexity index is 260. The summed E-state index contributed by atoms with van der Waals surface area (Å²) in [5.41, 5.74) is 0. The molecular weight excluding hydrogens is 222 g/mol. The number of hydrogen-bond donors (Lipinski definition) is 1. The quantitative estimate of drug-likeness (QED) is 0.602. The van der Waals surface area contributed by atoms with E-state index in [1.165, 1.54) is 0 Å². The lowest BCUT2D eigenvalue weighted by molar-refractivity contribution is 0.0534. The SMILES string of the molecule is C=C(/N=C(/NC(C)C)SC)N1CCOCC1. The molecule has 1 aliphatic rings. The third kappa shape index (κ3) is 4.45. The second kappa shape index (κ2) is 6.81. The zero-order chi connectivity index (χ0) is 12.0. The number of rotatable bonds is 3. The Morgan fingerprint density at radius 3 is 2.56 bits per heavy atom. The molecule has 16 heavy (non-hydrogen) atoms. The summed E-state index contributed by atoms with van der Waals surface area (Å²) in [4.78, 5) is 6.66. The summed E-state index contributed by atoms with van der Waals surface area (Å²) in [6.07, 6.45) is 2.01. The second-order valence-electron chi connectivity index (χ2n) is 3.94. The largest absolute Gasteiger partial charge is 0.378 e. The molecule has 0 aromatic rings. The van der Waals surface area contributed by atoms with Crippen molar-refractivity contribution in [1.82, 2.24) is 10.2 Å². The minimum Gasteiger partial charge on any atom is -0.378 e. The summed E-state index contributed by atoms with van der Waals surface area (Å²) in [6, 6.07) is 0.392. The van der Waals surface area contributed by atoms with Crippen LogP contribution in [0.2, 0.25) is 0 Å². The van der Waals surface area contributed by atoms with Crippen molar-refractivity contribution in [2.45, 2.75) is 19.9 Å². The lowest BCUT2D eigenvalue weighted by Gasteiger charge is -2.28. The number of nitrogens with zero attached hydrogens (tertiary/aromatic N) is 2. The summed E-state index contributed by atoms with van der Waals surface area (Å²) in [6.45, 7) is 11.5. The van der Waals surface area contributed by atoms with E-state index in [1.54, 1.807) is 11.8 Å². The Morgan fingerprint density at radius 1 is 1.44 bits per heavy atom. The zero-order valence-electron chi connectivity index (χ0n) is 10.3. The second-order valence-corrected chi connectivity index (χ2v) is 4.73. The maximum Gasteiger partial charge on any atom is 0.163 e. The molecule has 1 rings (SSSR count). The average molecular weight is 243 g/mol. The molecule has 92 valence electrons. The highest BCUT2D eigenvalue weighted by atomic mass is 32.2. The monoisotopic (exact) mass is 243 g/mol. The molecule has 0 unspecified atom stereocenters. The van der Waals surface area contributed by atoms with E-state index in [0.717, 1.165) is 37.3 Å². The zero-order valence-corrected chi connectivity index (χ0v) is 11.1. The van der Waals surface area contributed by atoms with Gasteiger partial charge in [-0.25, -0.2) is 4.99 Å². The number of thioether (sulfide) groups is 1. The Labute approximate surface area is 102 Å². The Hall–Kier alpha value is -0.680. The molecule has 1 N–H and O–H groups in total. The Morgan fingerprint density at radius 2 is 2.06 bits per heavy atom. The van der Waals surface area contributed by atoms with Crippen molar-refractivity contribution in [2.24, 2.45) is 4.99 Å². The van der Waals surface area contributed by atoms with E-state index in [4.69, 9.17) is 4.74 Å². The van der Waals surface area contributed by atoms with Crippen LogP contribution in [0.5, 0.6) is 0 Å². The predicted octanol–water partition coefficient (Wildman–Crippen LogP) is 1.51. The first-order valence-electron chi connectivity index (χ1n) is 5.54. The lowest BCUT2D eigenvalue weighted by atomic mass is 10.4. The van der Waals surface area contributed by atoms with Gasteiger partial charge in [-0.2, -0.15) is 0 Å². The summed E-state index contributed by atoms with van der Waals surface area (Å²) in [5.74, 6) is 0.820. The molecule has 1 fully saturated rings. The fourth-order valence-electron chi connectivity index (χ4n) is 1.39. The van der Waals surface area contributed by atoms with Crippen LogP contribution >= 0.6 is 11.8 Å². The Balaban J connectivity index is 2.53. The van der Waals surface area contributed by atoms with Gasteiger partial charge in [-0.1, -0.05) is 18.3 Å². The first kappa shape index (κ1) is 13.4. The smallest absolute Gasteiger partial charge is 0.163 e. The van der Waals surface area contributed by atoms with Crippen molar-refractivity contribution >= 4 is 16.9 Å². The first-order valence-corrected chi connectivity index (χ1v) is 6.76. The summed E-state index contributed by atoms with van der Waals surface area (Å²) < 4.78 is 5.29. The molecule has 5 heteroatoms. The standard InChI is InChI=1S/C11H21N3OS/c1-9(2)12-11(16-4)13-10(3)14-5-7-15-8-6-14/h9H,3,5-8H2,1-2,4H3,(H,12,13). The highest BCUT2D eigenvalue weighted by Crippen LogP contribution is 2.09. The van der Waals surface area contributed by atoms with E-state index in [0.29, 0.717) is 6.04 Å². The molecule has 0 aromatic carbocycles. The van der Waals surface area contributed by atoms with Crippen LogP contribution in [-0.2, 0) is 4.74 Å². The van der Waals surface area contributed by atoms with Gasteiger partial charge < -0.3 is 15.0 Å². The van der Waals surface area contributed by atoms with Gasteiger partial charge in [0.2, 0.25) is 0 Å². The van der Waals surface area contributed by atoms with Crippen molar-refractivity contribution in [3.05, 3.63) is 12.4 Å². The van der Waals surface area contributed by atoms with Crippen molar-refractivity contribution in [3.63, 3.8) is 0 Å². The van der Waals surface area contributed by atoms with Gasteiger partial charge in [0.25, 0.3) is 0 Å². The molecule has 0 atom stereocenters. The van der Waals surface area contributed by atoms with E-state index in [-0.39, 0.29) is 0 Å². The van der Waals surface area contributed by atoms with Gasteiger partial charge in [-0.3, -0.25) is 0 Å². The van der Waals surface area contributed by atoms with E-state index < -0.39 is 0 Å². The van der Waals surface area contributed by atoms with E-state index >= 15 is 0 Å². The molecular formula is C11H21N3OS. The lowest BCUT2D eigenvalue weighted by Crippen LogP contribution is -2.36. The number of nitrogens with one attached hydrogen (secondary N) is 1. The van der Waals surface area contributed by atoms with Crippen LogP contribution in [0.15, 0.2) is 17.4 Å². The van der Waals surface area contributed by atoms with Crippen LogP contribution in [0.4, 0.5) is 0 Å². The summed E-state index contributed by atoms with van der Waals surface area (Å²) in [5, 5.41) is 4.22. The first-order chi connectivity index (χ1) is 7.63. The third-order valence-electron chi connectivity index (χ3n) is 2.21. The molecule has 0 aromatic heterocycles. The van der Waals surface area contributed by atoms with Crippen LogP contribution in [0.1, 0.15) is 13.8 Å². The molecule has 0 radical (unpaired) electrons. The predicted molar refractivity (Wildman–Crippen MR) is 70.8 cm³/mol. The maximum absolute atomic E-state index is 5.29. The van der Waals surface area contributed by atoms with Crippen LogP contribution in [0.3, 0.4) is 0 Å². The van der Waals surface area contributed by atoms with Crippen molar-refractivity contribution < 1.29 is 4.74 Å². The molecule has 1 heterocycles. The molecule has 0 saturated carbocycles. The van der Waals surface area contributed by atoms with Crippen molar-refractivity contribution in [2.75, 3.05) is 32.6 Å². The van der Waals surface area contributed by atoms with E-state index in [9.17, 15) is 0 Å². The third-order valence-corrected chi connectivity index (χ3v) is 2.81. The minimum absolute atomic E-state index is 0.392. The number of hydrogen-bond acceptors (Lipinski definition) is 4. The average Bonchev–Trinajstić information content (AvgIpc) is 2.28. The van der Waals surface area contributed by atoms with Gasteiger partial charge >= 0.3 is 0 Å². The number of ether oxygens (including phenoxy) is 1. The van der Waals surface area contributed by atoms with Crippen LogP contribution in [0.25, 0.3) is 0 Å². The van der Waals surface area contributed by atoms with Gasteiger partial charge in [0.05, 0.1) is 13.2 Å². The molecule has 4 nitrogen and oxygen atoms in total. The molecule has 1 saturated heterocycles. The van der Waals surface area contributed by atoms with Gasteiger partial charge in [-0.05, 0) is 20.1 Å². The topological polar surface area (TPSA) is 36.9 Å². The van der Waals surface area contributed by atoms with Crippen LogP contribution < -0.4 is 5.32 Å². The van der Waals surface area contributed by atoms with Gasteiger partial charge in [0.15, 0.2) is 5.17 Å². The summed E-state index contributed by atoms with van der Waals surface area (Å²) >= 11 is 1.61. The fraction of sp³-hybridized carbons (Fsp3) is 0.727. The number of aliphatic imine (C=N–C) groups is 1. The normalized spacial score (nSPS) is 17.8. The molecule has 0 bridgehead atoms. The molecule has 0 aliphatic carbocycles. The van der Waals surface area contributed by atoms with Gasteiger partial charge in [0, 0.05) is 19.1 Å². The highest BCUT2D eigenvalue weighted by molar-refractivity contribution is 8.13. The minimum atomic E-state index is 0.392. The molecule has 0 spiro atoms. The van der Waals surface area contributed by atoms with Gasteiger partial charge in [0.1, 0.15) is 5.82 Å². The number of morpholine rings is 1. The van der Waals surface area contributed by atoms with E-state index in [2.05, 4.69) is 35.6 Å². The van der Waals surface area contributed by atoms with Gasteiger partial charge in [-0.15, -0.1) is 0 Å². The maximum atomic E-state index is 5.29. The highest BCUT2D eigenvalue weighted by Gasteiger charge is 2.12. The van der Waals surface area contributed by atoms with Crippen molar-refractivity contribution in [1.29, 1.82) is 0 Å². The molecule has 0 amide bonds. The van der Waals surface area contributed by atoms with Crippen LogP contribution in [-0.4, -0.2) is 48.7 Å². The number of amidine groups is 1.